The Labute approximate surface area is 104 Å². The van der Waals surface area contributed by atoms with Gasteiger partial charge in [-0.3, -0.25) is 0 Å². The fraction of sp³-hybridized carbons (Fsp3) is 0.467. The molecule has 0 saturated carbocycles. The topological polar surface area (TPSA) is 37.3 Å². The summed E-state index contributed by atoms with van der Waals surface area (Å²) in [5, 5.41) is 9.24. The Morgan fingerprint density at radius 2 is 2.00 bits per heavy atom. The highest BCUT2D eigenvalue weighted by Gasteiger charge is 2.21. The maximum atomic E-state index is 11.2. The molecule has 0 unspecified atom stereocenters. The van der Waals surface area contributed by atoms with E-state index in [4.69, 9.17) is 0 Å². The third kappa shape index (κ3) is 3.32. The molecule has 2 heteroatoms. The van der Waals surface area contributed by atoms with Gasteiger partial charge in [-0.25, -0.2) is 4.79 Å². The maximum Gasteiger partial charge on any atom is 0.335 e. The second-order valence-corrected chi connectivity index (χ2v) is 5.34. The number of carboxylic acids is 1. The molecule has 1 rings (SSSR count). The van der Waals surface area contributed by atoms with Gasteiger partial charge in [0.25, 0.3) is 0 Å². The molecular weight excluding hydrogens is 212 g/mol. The number of hydrogen-bond donors (Lipinski definition) is 1. The van der Waals surface area contributed by atoms with Crippen molar-refractivity contribution in [3.63, 3.8) is 0 Å². The van der Waals surface area contributed by atoms with Crippen LogP contribution >= 0.6 is 0 Å². The van der Waals surface area contributed by atoms with Crippen molar-refractivity contribution < 1.29 is 9.90 Å². The van der Waals surface area contributed by atoms with Gasteiger partial charge in [-0.15, -0.1) is 0 Å². The molecule has 1 radical (unpaired) electrons. The molecule has 0 atom stereocenters. The van der Waals surface area contributed by atoms with Gasteiger partial charge in [-0.1, -0.05) is 46.2 Å². The standard InChI is InChI=1S/C15H21O2/c1-5-6-8-11-12(14(16)17)9-7-10-13(11)15(2,3)4/h7,9-10H,1,5-6,8H2,2-4H3,(H,16,17). The first-order valence-electron chi connectivity index (χ1n) is 6.03. The van der Waals surface area contributed by atoms with Crippen LogP contribution in [0.2, 0.25) is 0 Å². The summed E-state index contributed by atoms with van der Waals surface area (Å²) in [7, 11) is 0. The summed E-state index contributed by atoms with van der Waals surface area (Å²) in [4.78, 5) is 11.2. The van der Waals surface area contributed by atoms with Gasteiger partial charge >= 0.3 is 5.97 Å². The lowest BCUT2D eigenvalue weighted by molar-refractivity contribution is 0.0695. The normalized spacial score (nSPS) is 11.5. The zero-order valence-corrected chi connectivity index (χ0v) is 10.9. The molecule has 0 bridgehead atoms. The van der Waals surface area contributed by atoms with Crippen LogP contribution in [-0.4, -0.2) is 11.1 Å². The van der Waals surface area contributed by atoms with Gasteiger partial charge in [0.1, 0.15) is 0 Å². The van der Waals surface area contributed by atoms with Gasteiger partial charge in [0.15, 0.2) is 0 Å². The molecule has 0 spiro atoms. The van der Waals surface area contributed by atoms with E-state index in [1.54, 1.807) is 6.07 Å². The molecule has 0 fully saturated rings. The fourth-order valence-electron chi connectivity index (χ4n) is 2.06. The van der Waals surface area contributed by atoms with E-state index < -0.39 is 5.97 Å². The first-order valence-corrected chi connectivity index (χ1v) is 6.03. The van der Waals surface area contributed by atoms with Crippen molar-refractivity contribution in [2.45, 2.75) is 45.4 Å². The number of benzene rings is 1. The molecule has 1 aromatic carbocycles. The average molecular weight is 233 g/mol. The third-order valence-corrected chi connectivity index (χ3v) is 2.89. The molecule has 93 valence electrons. The van der Waals surface area contributed by atoms with Gasteiger partial charge in [0.2, 0.25) is 0 Å². The molecule has 2 nitrogen and oxygen atoms in total. The quantitative estimate of drug-likeness (QED) is 0.858. The fourth-order valence-corrected chi connectivity index (χ4v) is 2.06. The number of rotatable bonds is 4. The molecule has 1 aromatic rings. The lowest BCUT2D eigenvalue weighted by atomic mass is 9.80. The Morgan fingerprint density at radius 3 is 2.47 bits per heavy atom. The highest BCUT2D eigenvalue weighted by atomic mass is 16.4. The summed E-state index contributed by atoms with van der Waals surface area (Å²) in [6, 6.07) is 5.55. The Hall–Kier alpha value is -1.31. The minimum absolute atomic E-state index is 0.0258. The molecule has 0 aliphatic rings. The van der Waals surface area contributed by atoms with Crippen LogP contribution in [0.15, 0.2) is 18.2 Å². The van der Waals surface area contributed by atoms with Crippen molar-refractivity contribution >= 4 is 5.97 Å². The summed E-state index contributed by atoms with van der Waals surface area (Å²) in [6.45, 7) is 10.2. The smallest absolute Gasteiger partial charge is 0.335 e. The zero-order chi connectivity index (χ0) is 13.1. The molecule has 0 aliphatic heterocycles. The first-order chi connectivity index (χ1) is 7.88. The maximum absolute atomic E-state index is 11.2. The van der Waals surface area contributed by atoms with Crippen molar-refractivity contribution in [3.05, 3.63) is 41.8 Å². The van der Waals surface area contributed by atoms with Crippen LogP contribution < -0.4 is 0 Å². The van der Waals surface area contributed by atoms with Crippen LogP contribution in [0.4, 0.5) is 0 Å². The van der Waals surface area contributed by atoms with Crippen LogP contribution in [0.1, 0.15) is 55.1 Å². The van der Waals surface area contributed by atoms with Gasteiger partial charge < -0.3 is 5.11 Å². The van der Waals surface area contributed by atoms with E-state index in [1.807, 2.05) is 12.1 Å². The predicted octanol–water partition coefficient (Wildman–Crippen LogP) is 3.84. The van der Waals surface area contributed by atoms with E-state index in [9.17, 15) is 9.90 Å². The van der Waals surface area contributed by atoms with Crippen LogP contribution in [-0.2, 0) is 11.8 Å². The van der Waals surface area contributed by atoms with E-state index in [0.717, 1.165) is 30.4 Å². The van der Waals surface area contributed by atoms with Crippen molar-refractivity contribution in [1.82, 2.24) is 0 Å². The van der Waals surface area contributed by atoms with Gasteiger partial charge in [0, 0.05) is 0 Å². The minimum Gasteiger partial charge on any atom is -0.478 e. The van der Waals surface area contributed by atoms with Gasteiger partial charge in [0.05, 0.1) is 5.56 Å². The summed E-state index contributed by atoms with van der Waals surface area (Å²) >= 11 is 0. The number of carbonyl (C=O) groups is 1. The Balaban J connectivity index is 3.29. The van der Waals surface area contributed by atoms with Crippen LogP contribution in [0, 0.1) is 6.92 Å². The van der Waals surface area contributed by atoms with E-state index in [0.29, 0.717) is 5.56 Å². The average Bonchev–Trinajstić information content (AvgIpc) is 2.24. The molecule has 17 heavy (non-hydrogen) atoms. The van der Waals surface area contributed by atoms with Crippen molar-refractivity contribution in [1.29, 1.82) is 0 Å². The Morgan fingerprint density at radius 1 is 1.35 bits per heavy atom. The lowest BCUT2D eigenvalue weighted by Gasteiger charge is -2.24. The Kier molecular flexibility index (Phi) is 4.33. The van der Waals surface area contributed by atoms with Crippen molar-refractivity contribution in [3.8, 4) is 0 Å². The molecule has 1 N–H and O–H groups in total. The summed E-state index contributed by atoms with van der Waals surface area (Å²) in [5.74, 6) is -0.838. The molecular formula is C15H21O2. The third-order valence-electron chi connectivity index (χ3n) is 2.89. The number of hydrogen-bond acceptors (Lipinski definition) is 1. The van der Waals surface area contributed by atoms with Crippen molar-refractivity contribution in [2.75, 3.05) is 0 Å². The largest absolute Gasteiger partial charge is 0.478 e. The SMILES string of the molecule is [CH2]CCCc1c(C(=O)O)cccc1C(C)(C)C. The molecule has 0 aliphatic carbocycles. The molecule has 0 saturated heterocycles. The van der Waals surface area contributed by atoms with Crippen LogP contribution in [0.25, 0.3) is 0 Å². The number of unbranched alkanes of at least 4 members (excludes halogenated alkanes) is 1. The second-order valence-electron chi connectivity index (χ2n) is 5.34. The Bertz CT molecular complexity index is 400. The monoisotopic (exact) mass is 233 g/mol. The number of carboxylic acid groups (broad SMARTS) is 1. The molecule has 0 heterocycles. The summed E-state index contributed by atoms with van der Waals surface area (Å²) in [5.41, 5.74) is 2.51. The number of aromatic carboxylic acids is 1. The van der Waals surface area contributed by atoms with Crippen LogP contribution in [0.5, 0.6) is 0 Å². The summed E-state index contributed by atoms with van der Waals surface area (Å²) < 4.78 is 0. The first kappa shape index (κ1) is 13.8. The highest BCUT2D eigenvalue weighted by molar-refractivity contribution is 5.90. The van der Waals surface area contributed by atoms with E-state index in [2.05, 4.69) is 27.7 Å². The van der Waals surface area contributed by atoms with Crippen LogP contribution in [0.3, 0.4) is 0 Å². The zero-order valence-electron chi connectivity index (χ0n) is 10.9. The van der Waals surface area contributed by atoms with Gasteiger partial charge in [-0.2, -0.15) is 0 Å². The summed E-state index contributed by atoms with van der Waals surface area (Å²) in [6.07, 6.45) is 2.55. The van der Waals surface area contributed by atoms with Crippen molar-refractivity contribution in [2.24, 2.45) is 0 Å². The van der Waals surface area contributed by atoms with Gasteiger partial charge in [-0.05, 0) is 35.4 Å². The van der Waals surface area contributed by atoms with E-state index in [1.165, 1.54) is 0 Å². The molecule has 0 amide bonds. The highest BCUT2D eigenvalue weighted by Crippen LogP contribution is 2.29. The lowest BCUT2D eigenvalue weighted by Crippen LogP contribution is -2.17. The second kappa shape index (κ2) is 5.35. The minimum atomic E-state index is -0.838. The van der Waals surface area contributed by atoms with E-state index in [-0.39, 0.29) is 5.41 Å². The molecule has 0 aromatic heterocycles. The van der Waals surface area contributed by atoms with E-state index >= 15 is 0 Å². The predicted molar refractivity (Wildman–Crippen MR) is 70.4 cm³/mol.